The number of benzene rings is 3. The van der Waals surface area contributed by atoms with Gasteiger partial charge in [0.05, 0.1) is 41.4 Å². The number of amides is 2. The number of nitrogens with one attached hydrogen (secondary N) is 3. The van der Waals surface area contributed by atoms with Crippen molar-refractivity contribution >= 4 is 52.8 Å². The number of anilines is 1. The van der Waals surface area contributed by atoms with Crippen LogP contribution in [0, 0.1) is 28.4 Å². The molecule has 4 rings (SSSR count). The van der Waals surface area contributed by atoms with E-state index in [1.807, 2.05) is 5.32 Å². The van der Waals surface area contributed by atoms with E-state index in [0.29, 0.717) is 12.8 Å². The van der Waals surface area contributed by atoms with Gasteiger partial charge in [-0.1, -0.05) is 48.3 Å². The molecule has 0 radical (unpaired) electrons. The Morgan fingerprint density at radius 2 is 1.86 bits per heavy atom. The van der Waals surface area contributed by atoms with Crippen molar-refractivity contribution in [3.05, 3.63) is 93.0 Å². The Morgan fingerprint density at radius 3 is 2.55 bits per heavy atom. The van der Waals surface area contributed by atoms with Crippen LogP contribution in [0.4, 0.5) is 19.3 Å². The summed E-state index contributed by atoms with van der Waals surface area (Å²) in [5.41, 5.74) is -0.387. The van der Waals surface area contributed by atoms with E-state index in [0.717, 1.165) is 6.07 Å². The molecule has 0 spiro atoms. The Hall–Kier alpha value is -4.97. The van der Waals surface area contributed by atoms with Gasteiger partial charge in [0, 0.05) is 16.6 Å². The molecule has 0 aromatic heterocycles. The number of esters is 1. The average Bonchev–Trinajstić information content (AvgIpc) is 3.55. The number of nitrogens with zero attached hydrogens (tertiary/aromatic N) is 1. The number of aliphatic carboxylic acids is 1. The second-order valence-corrected chi connectivity index (χ2v) is 12.9. The number of hydrogen-bond acceptors (Lipinski definition) is 9. The van der Waals surface area contributed by atoms with Gasteiger partial charge in [-0.2, -0.15) is 5.26 Å². The maximum Gasteiger partial charge on any atom is 0.410 e. The van der Waals surface area contributed by atoms with Gasteiger partial charge in [-0.3, -0.25) is 9.59 Å². The number of alkyl carbamates (subject to hydrolysis) is 1. The highest BCUT2D eigenvalue weighted by atomic mass is 35.5. The van der Waals surface area contributed by atoms with Gasteiger partial charge in [-0.25, -0.2) is 18.4 Å². The van der Waals surface area contributed by atoms with Crippen molar-refractivity contribution in [3.63, 3.8) is 0 Å². The van der Waals surface area contributed by atoms with E-state index < -0.39 is 66.3 Å². The minimum atomic E-state index is -1.28. The van der Waals surface area contributed by atoms with E-state index in [2.05, 4.69) is 21.4 Å². The standard InChI is InChI=1S/C35H34Cl2F2N4O8/c1-35(14-20-4-3-5-25(37)31(20)39,24(16-40)23-9-7-21(36)13-26(23)38)15-22-8-11-28(42-22)32(46)43-27-10-6-19(12-29(27)49-2)33(47)50-18-51-34(48)41-17-30(44)45/h3-7,9-10,12-13,22,24,28,42H,8,11,14-15,17-18H2,1-2H3,(H,41,48)(H,43,46)(H,44,45)/t22-,24?,28+,35?/m0/s1. The van der Waals surface area contributed by atoms with Crippen LogP contribution in [0.25, 0.3) is 0 Å². The Balaban J connectivity index is 1.44. The fourth-order valence-electron chi connectivity index (χ4n) is 6.06. The van der Waals surface area contributed by atoms with E-state index in [1.54, 1.807) is 19.1 Å². The topological polar surface area (TPSA) is 176 Å². The fourth-order valence-corrected chi connectivity index (χ4v) is 6.41. The number of ether oxygens (including phenoxy) is 3. The summed E-state index contributed by atoms with van der Waals surface area (Å²) in [6.07, 6.45) is 0.158. The monoisotopic (exact) mass is 746 g/mol. The Morgan fingerprint density at radius 1 is 1.10 bits per heavy atom. The predicted octanol–water partition coefficient (Wildman–Crippen LogP) is 6.21. The lowest BCUT2D eigenvalue weighted by Crippen LogP contribution is -2.42. The van der Waals surface area contributed by atoms with Crippen LogP contribution in [0.5, 0.6) is 5.75 Å². The SMILES string of the molecule is COc1cc(C(=O)OCOC(=O)NCC(=O)O)ccc1NC(=O)[C@H]1CC[C@@H](CC(C)(Cc2cccc(Cl)c2F)C(C#N)c2ccc(Cl)cc2F)N1. The minimum Gasteiger partial charge on any atom is -0.495 e. The molecule has 1 saturated heterocycles. The van der Waals surface area contributed by atoms with Crippen LogP contribution in [0.3, 0.4) is 0 Å². The quantitative estimate of drug-likeness (QED) is 0.110. The van der Waals surface area contributed by atoms with Gasteiger partial charge in [0.1, 0.15) is 23.9 Å². The molecule has 3 aromatic carbocycles. The van der Waals surface area contributed by atoms with Crippen molar-refractivity contribution in [1.29, 1.82) is 5.26 Å². The molecule has 4 N–H and O–H groups in total. The highest BCUT2D eigenvalue weighted by Crippen LogP contribution is 2.45. The van der Waals surface area contributed by atoms with Crippen molar-refractivity contribution in [2.24, 2.45) is 5.41 Å². The van der Waals surface area contributed by atoms with Crippen molar-refractivity contribution in [2.45, 2.75) is 50.6 Å². The molecule has 16 heteroatoms. The number of nitriles is 1. The molecule has 2 unspecified atom stereocenters. The number of carbonyl (C=O) groups is 4. The normalized spacial score (nSPS) is 17.0. The Bertz CT molecular complexity index is 1840. The molecule has 51 heavy (non-hydrogen) atoms. The summed E-state index contributed by atoms with van der Waals surface area (Å²) in [6.45, 7) is 0.324. The van der Waals surface area contributed by atoms with E-state index in [1.165, 1.54) is 43.5 Å². The summed E-state index contributed by atoms with van der Waals surface area (Å²) in [4.78, 5) is 47.8. The molecular formula is C35H34Cl2F2N4O8. The zero-order valence-electron chi connectivity index (χ0n) is 27.4. The largest absolute Gasteiger partial charge is 0.495 e. The van der Waals surface area contributed by atoms with Crippen LogP contribution >= 0.6 is 23.2 Å². The summed E-state index contributed by atoms with van der Waals surface area (Å²) in [7, 11) is 1.33. The first-order valence-electron chi connectivity index (χ1n) is 15.6. The lowest BCUT2D eigenvalue weighted by molar-refractivity contribution is -0.136. The van der Waals surface area contributed by atoms with Gasteiger partial charge >= 0.3 is 18.0 Å². The smallest absolute Gasteiger partial charge is 0.410 e. The zero-order valence-corrected chi connectivity index (χ0v) is 28.9. The average molecular weight is 748 g/mol. The van der Waals surface area contributed by atoms with Crippen molar-refractivity contribution in [1.82, 2.24) is 10.6 Å². The zero-order chi connectivity index (χ0) is 37.3. The Kier molecular flexibility index (Phi) is 13.2. The number of halogens is 4. The lowest BCUT2D eigenvalue weighted by atomic mass is 9.66. The molecule has 0 saturated carbocycles. The molecular weight excluding hydrogens is 713 g/mol. The maximum absolute atomic E-state index is 15.2. The Labute approximate surface area is 302 Å². The summed E-state index contributed by atoms with van der Waals surface area (Å²) < 4.78 is 45.1. The molecule has 2 amide bonds. The first-order chi connectivity index (χ1) is 24.2. The molecule has 1 fully saturated rings. The number of carbonyl (C=O) groups excluding carboxylic acids is 3. The van der Waals surface area contributed by atoms with E-state index in [9.17, 15) is 24.4 Å². The van der Waals surface area contributed by atoms with Crippen LogP contribution in [0.15, 0.2) is 54.6 Å². The molecule has 1 aliphatic rings. The van der Waals surface area contributed by atoms with Gasteiger partial charge in [-0.15, -0.1) is 0 Å². The highest BCUT2D eigenvalue weighted by Gasteiger charge is 2.42. The first kappa shape index (κ1) is 38.8. The second-order valence-electron chi connectivity index (χ2n) is 12.1. The number of hydrogen-bond donors (Lipinski definition) is 4. The second kappa shape index (κ2) is 17.3. The van der Waals surface area contributed by atoms with Gasteiger partial charge in [0.25, 0.3) is 0 Å². The number of rotatable bonds is 14. The van der Waals surface area contributed by atoms with Crippen LogP contribution < -0.4 is 20.7 Å². The van der Waals surface area contributed by atoms with Gasteiger partial charge in [0.15, 0.2) is 0 Å². The fraction of sp³-hybridized carbons (Fsp3) is 0.343. The summed E-state index contributed by atoms with van der Waals surface area (Å²) in [5, 5.41) is 27.0. The van der Waals surface area contributed by atoms with E-state index in [4.69, 9.17) is 37.8 Å². The summed E-state index contributed by atoms with van der Waals surface area (Å²) in [6, 6.07) is 14.0. The number of methoxy groups -OCH3 is 1. The molecule has 270 valence electrons. The predicted molar refractivity (Wildman–Crippen MR) is 182 cm³/mol. The van der Waals surface area contributed by atoms with Crippen LogP contribution in [0.2, 0.25) is 10.0 Å². The van der Waals surface area contributed by atoms with E-state index >= 15 is 8.78 Å². The highest BCUT2D eigenvalue weighted by molar-refractivity contribution is 6.31. The molecule has 0 bridgehead atoms. The third-order valence-corrected chi connectivity index (χ3v) is 8.98. The van der Waals surface area contributed by atoms with Crippen LogP contribution in [-0.2, 0) is 25.5 Å². The van der Waals surface area contributed by atoms with Crippen molar-refractivity contribution < 1.29 is 47.3 Å². The number of carboxylic acids is 1. The van der Waals surface area contributed by atoms with Gasteiger partial charge in [0.2, 0.25) is 12.7 Å². The first-order valence-corrected chi connectivity index (χ1v) is 16.3. The maximum atomic E-state index is 15.2. The molecule has 12 nitrogen and oxygen atoms in total. The van der Waals surface area contributed by atoms with Crippen LogP contribution in [-0.4, -0.2) is 61.6 Å². The molecule has 1 aliphatic heterocycles. The summed E-state index contributed by atoms with van der Waals surface area (Å²) >= 11 is 12.0. The molecule has 4 atom stereocenters. The molecule has 3 aromatic rings. The third-order valence-electron chi connectivity index (χ3n) is 8.45. The van der Waals surface area contributed by atoms with Crippen molar-refractivity contribution in [2.75, 3.05) is 25.8 Å². The van der Waals surface area contributed by atoms with Gasteiger partial charge < -0.3 is 35.3 Å². The van der Waals surface area contributed by atoms with Crippen LogP contribution in [0.1, 0.15) is 53.6 Å². The molecule has 1 heterocycles. The minimum absolute atomic E-state index is 0.0121. The third kappa shape index (κ3) is 10.1. The molecule has 0 aliphatic carbocycles. The van der Waals surface area contributed by atoms with E-state index in [-0.39, 0.29) is 57.1 Å². The number of carboxylic acid groups (broad SMARTS) is 1. The lowest BCUT2D eigenvalue weighted by Gasteiger charge is -2.37. The van der Waals surface area contributed by atoms with Gasteiger partial charge in [-0.05, 0) is 73.1 Å². The van der Waals surface area contributed by atoms with Crippen molar-refractivity contribution in [3.8, 4) is 11.8 Å². The summed E-state index contributed by atoms with van der Waals surface area (Å²) in [5.74, 6) is -4.75.